The van der Waals surface area contributed by atoms with Crippen LogP contribution in [-0.4, -0.2) is 39.0 Å². The number of carbonyl (C=O) groups excluding carboxylic acids is 2. The Labute approximate surface area is 187 Å². The maximum absolute atomic E-state index is 12.6. The van der Waals surface area contributed by atoms with Crippen LogP contribution in [0.3, 0.4) is 0 Å². The Morgan fingerprint density at radius 2 is 1.97 bits per heavy atom. The van der Waals surface area contributed by atoms with Gasteiger partial charge in [0, 0.05) is 18.7 Å². The van der Waals surface area contributed by atoms with Gasteiger partial charge in [0.05, 0.1) is 17.7 Å². The van der Waals surface area contributed by atoms with Gasteiger partial charge in [0.1, 0.15) is 12.1 Å². The van der Waals surface area contributed by atoms with Crippen LogP contribution in [0.1, 0.15) is 45.3 Å². The van der Waals surface area contributed by atoms with Crippen molar-refractivity contribution in [3.05, 3.63) is 54.1 Å². The molecule has 32 heavy (non-hydrogen) atoms. The Kier molecular flexibility index (Phi) is 6.50. The Hall–Kier alpha value is -3.26. The second-order valence-electron chi connectivity index (χ2n) is 8.69. The first kappa shape index (κ1) is 22.0. The lowest BCUT2D eigenvalue weighted by Gasteiger charge is -2.38. The van der Waals surface area contributed by atoms with Crippen LogP contribution < -0.4 is 10.6 Å². The minimum absolute atomic E-state index is 0.0280. The van der Waals surface area contributed by atoms with E-state index in [-0.39, 0.29) is 36.6 Å². The summed E-state index contributed by atoms with van der Waals surface area (Å²) in [6.07, 6.45) is 1.41. The third-order valence-electron chi connectivity index (χ3n) is 5.76. The van der Waals surface area contributed by atoms with Crippen molar-refractivity contribution < 1.29 is 14.3 Å². The van der Waals surface area contributed by atoms with E-state index in [1.165, 1.54) is 0 Å². The number of ether oxygens (including phenoxy) is 1. The Bertz CT molecular complexity index is 1110. The predicted molar refractivity (Wildman–Crippen MR) is 122 cm³/mol. The highest BCUT2D eigenvalue weighted by Crippen LogP contribution is 2.35. The first-order valence-corrected chi connectivity index (χ1v) is 11.0. The summed E-state index contributed by atoms with van der Waals surface area (Å²) >= 11 is 0. The van der Waals surface area contributed by atoms with Gasteiger partial charge in [0.25, 0.3) is 0 Å². The molecule has 0 spiro atoms. The van der Waals surface area contributed by atoms with Crippen molar-refractivity contribution in [1.82, 2.24) is 20.3 Å². The molecule has 4 rings (SSSR count). The number of anilines is 1. The zero-order chi connectivity index (χ0) is 22.7. The van der Waals surface area contributed by atoms with Gasteiger partial charge in [-0.15, -0.1) is 5.10 Å². The molecular formula is C24H29N5O3. The lowest BCUT2D eigenvalue weighted by molar-refractivity contribution is -0.123. The van der Waals surface area contributed by atoms with Gasteiger partial charge < -0.3 is 15.4 Å². The zero-order valence-corrected chi connectivity index (χ0v) is 18.6. The minimum Gasteiger partial charge on any atom is -0.370 e. The lowest BCUT2D eigenvalue weighted by atomic mass is 9.89. The van der Waals surface area contributed by atoms with Gasteiger partial charge in [-0.05, 0) is 48.6 Å². The fourth-order valence-electron chi connectivity index (χ4n) is 4.19. The van der Waals surface area contributed by atoms with Crippen molar-refractivity contribution in [2.45, 2.75) is 58.4 Å². The van der Waals surface area contributed by atoms with E-state index in [4.69, 9.17) is 4.74 Å². The second-order valence-corrected chi connectivity index (χ2v) is 8.69. The van der Waals surface area contributed by atoms with Gasteiger partial charge in [-0.2, -0.15) is 0 Å². The number of carbonyl (C=O) groups is 2. The van der Waals surface area contributed by atoms with Crippen LogP contribution in [0.2, 0.25) is 0 Å². The van der Waals surface area contributed by atoms with Crippen LogP contribution in [-0.2, 0) is 20.9 Å². The quantitative estimate of drug-likeness (QED) is 0.618. The number of hydrogen-bond acceptors (Lipinski definition) is 5. The molecule has 168 valence electrons. The average molecular weight is 436 g/mol. The number of aromatic nitrogens is 3. The highest BCUT2D eigenvalue weighted by molar-refractivity contribution is 5.91. The third-order valence-corrected chi connectivity index (χ3v) is 5.76. The largest absolute Gasteiger partial charge is 0.370 e. The fraction of sp³-hybridized carbons (Fsp3) is 0.417. The van der Waals surface area contributed by atoms with Gasteiger partial charge in [-0.1, -0.05) is 43.3 Å². The molecule has 1 saturated heterocycles. The van der Waals surface area contributed by atoms with Crippen LogP contribution in [0, 0.1) is 5.92 Å². The summed E-state index contributed by atoms with van der Waals surface area (Å²) in [5.41, 5.74) is 3.25. The van der Waals surface area contributed by atoms with Crippen molar-refractivity contribution in [3.8, 4) is 0 Å². The van der Waals surface area contributed by atoms with Crippen molar-refractivity contribution in [3.63, 3.8) is 0 Å². The average Bonchev–Trinajstić information content (AvgIpc) is 3.16. The second kappa shape index (κ2) is 9.48. The molecule has 1 aliphatic heterocycles. The SMILES string of the molecule is CC(=O)N[C@H]1C[C@@H](c2cccc(NC(=O)Cn3nnc4ccccc43)c2)O[C@@H](C(C)C)C1. The summed E-state index contributed by atoms with van der Waals surface area (Å²) in [5, 5.41) is 14.2. The molecule has 8 heteroatoms. The molecule has 3 atom stereocenters. The number of amides is 2. The van der Waals surface area contributed by atoms with Gasteiger partial charge >= 0.3 is 0 Å². The molecule has 1 aliphatic rings. The lowest BCUT2D eigenvalue weighted by Crippen LogP contribution is -2.43. The highest BCUT2D eigenvalue weighted by atomic mass is 16.5. The Morgan fingerprint density at radius 1 is 1.16 bits per heavy atom. The normalized spacial score (nSPS) is 20.9. The van der Waals surface area contributed by atoms with E-state index >= 15 is 0 Å². The summed E-state index contributed by atoms with van der Waals surface area (Å²) < 4.78 is 7.94. The molecule has 0 saturated carbocycles. The maximum Gasteiger partial charge on any atom is 0.246 e. The summed E-state index contributed by atoms with van der Waals surface area (Å²) in [6.45, 7) is 5.87. The number of nitrogens with zero attached hydrogens (tertiary/aromatic N) is 3. The van der Waals surface area contributed by atoms with E-state index in [1.807, 2.05) is 48.5 Å². The highest BCUT2D eigenvalue weighted by Gasteiger charge is 2.32. The zero-order valence-electron chi connectivity index (χ0n) is 18.6. The van der Waals surface area contributed by atoms with E-state index in [9.17, 15) is 9.59 Å². The molecule has 1 fully saturated rings. The van der Waals surface area contributed by atoms with Gasteiger partial charge in [0.2, 0.25) is 11.8 Å². The molecular weight excluding hydrogens is 406 g/mol. The maximum atomic E-state index is 12.6. The number of nitrogens with one attached hydrogen (secondary N) is 2. The molecule has 0 bridgehead atoms. The number of rotatable bonds is 6. The first-order chi connectivity index (χ1) is 15.4. The van der Waals surface area contributed by atoms with Gasteiger partial charge in [0.15, 0.2) is 0 Å². The third kappa shape index (κ3) is 5.13. The molecule has 2 N–H and O–H groups in total. The van der Waals surface area contributed by atoms with Crippen molar-refractivity contribution in [1.29, 1.82) is 0 Å². The monoisotopic (exact) mass is 435 g/mol. The summed E-state index contributed by atoms with van der Waals surface area (Å²) in [5.74, 6) is 0.132. The molecule has 3 aromatic rings. The molecule has 0 unspecified atom stereocenters. The van der Waals surface area contributed by atoms with Crippen molar-refractivity contribution >= 4 is 28.5 Å². The molecule has 2 heterocycles. The molecule has 2 aromatic carbocycles. The molecule has 1 aromatic heterocycles. The number of benzene rings is 2. The van der Waals surface area contributed by atoms with Gasteiger partial charge in [-0.25, -0.2) is 4.68 Å². The van der Waals surface area contributed by atoms with Gasteiger partial charge in [-0.3, -0.25) is 9.59 Å². The number of fused-ring (bicyclic) bond motifs is 1. The standard InChI is InChI=1S/C24H29N5O3/c1-15(2)22-12-19(25-16(3)30)13-23(32-22)17-7-6-8-18(11-17)26-24(31)14-29-21-10-5-4-9-20(21)27-28-29/h4-11,15,19,22-23H,12-14H2,1-3H3,(H,25,30)(H,26,31)/t19-,22-,23+/m1/s1. The van der Waals surface area contributed by atoms with E-state index in [0.29, 0.717) is 18.0 Å². The van der Waals surface area contributed by atoms with E-state index in [1.54, 1.807) is 11.6 Å². The number of para-hydroxylation sites is 1. The predicted octanol–water partition coefficient (Wildman–Crippen LogP) is 3.45. The molecule has 8 nitrogen and oxygen atoms in total. The van der Waals surface area contributed by atoms with E-state index in [0.717, 1.165) is 23.0 Å². The molecule has 2 amide bonds. The Morgan fingerprint density at radius 3 is 2.75 bits per heavy atom. The minimum atomic E-state index is -0.182. The van der Waals surface area contributed by atoms with E-state index < -0.39 is 0 Å². The summed E-state index contributed by atoms with van der Waals surface area (Å²) in [7, 11) is 0. The van der Waals surface area contributed by atoms with E-state index in [2.05, 4.69) is 34.8 Å². The van der Waals surface area contributed by atoms with Crippen molar-refractivity contribution in [2.75, 3.05) is 5.32 Å². The Balaban J connectivity index is 1.46. The van der Waals surface area contributed by atoms with Crippen LogP contribution in [0.15, 0.2) is 48.5 Å². The van der Waals surface area contributed by atoms with Crippen LogP contribution in [0.5, 0.6) is 0 Å². The summed E-state index contributed by atoms with van der Waals surface area (Å²) in [6, 6.07) is 15.3. The first-order valence-electron chi connectivity index (χ1n) is 11.0. The molecule has 0 radical (unpaired) electrons. The fourth-order valence-corrected chi connectivity index (χ4v) is 4.19. The number of hydrogen-bond donors (Lipinski definition) is 2. The summed E-state index contributed by atoms with van der Waals surface area (Å²) in [4.78, 5) is 24.3. The van der Waals surface area contributed by atoms with Crippen molar-refractivity contribution in [2.24, 2.45) is 5.92 Å². The topological polar surface area (TPSA) is 98.1 Å². The van der Waals surface area contributed by atoms with Crippen LogP contribution in [0.4, 0.5) is 5.69 Å². The molecule has 0 aliphatic carbocycles. The van der Waals surface area contributed by atoms with Crippen LogP contribution >= 0.6 is 0 Å². The van der Waals surface area contributed by atoms with Crippen LogP contribution in [0.25, 0.3) is 11.0 Å². The smallest absolute Gasteiger partial charge is 0.246 e.